The van der Waals surface area contributed by atoms with Gasteiger partial charge < -0.3 is 19.4 Å². The van der Waals surface area contributed by atoms with E-state index in [9.17, 15) is 9.59 Å². The summed E-state index contributed by atoms with van der Waals surface area (Å²) in [5.74, 6) is 0.0817. The number of rotatable bonds is 3. The summed E-state index contributed by atoms with van der Waals surface area (Å²) in [5.41, 5.74) is 1.29. The Hall–Kier alpha value is -2.76. The fourth-order valence-corrected chi connectivity index (χ4v) is 2.73. The smallest absolute Gasteiger partial charge is 0.294 e. The van der Waals surface area contributed by atoms with E-state index < -0.39 is 0 Å². The van der Waals surface area contributed by atoms with E-state index in [-0.39, 0.29) is 28.9 Å². The van der Waals surface area contributed by atoms with Crippen molar-refractivity contribution < 1.29 is 13.9 Å². The van der Waals surface area contributed by atoms with E-state index in [1.807, 2.05) is 24.3 Å². The summed E-state index contributed by atoms with van der Waals surface area (Å²) in [5, 5.41) is 3.46. The number of ether oxygens (including phenoxy) is 1. The number of amides is 1. The molecule has 24 heavy (non-hydrogen) atoms. The molecule has 1 N–H and O–H groups in total. The second-order valence-electron chi connectivity index (χ2n) is 6.10. The Bertz CT molecular complexity index is 813. The molecule has 0 spiro atoms. The predicted molar refractivity (Wildman–Crippen MR) is 91.9 cm³/mol. The van der Waals surface area contributed by atoms with Crippen LogP contribution in [0.5, 0.6) is 5.75 Å². The number of carbonyl (C=O) groups excluding carboxylic acids is 1. The molecule has 0 fully saturated rings. The lowest BCUT2D eigenvalue weighted by Crippen LogP contribution is -2.47. The number of anilines is 2. The lowest BCUT2D eigenvalue weighted by atomic mass is 9.99. The highest BCUT2D eigenvalue weighted by Crippen LogP contribution is 2.33. The molecule has 2 aromatic rings. The van der Waals surface area contributed by atoms with Crippen molar-refractivity contribution in [2.45, 2.75) is 19.9 Å². The number of fused-ring (bicyclic) bond motifs is 1. The van der Waals surface area contributed by atoms with E-state index in [2.05, 4.69) is 19.2 Å². The average Bonchev–Trinajstić information content (AvgIpc) is 2.60. The first kappa shape index (κ1) is 16.1. The van der Waals surface area contributed by atoms with Crippen LogP contribution >= 0.6 is 0 Å². The van der Waals surface area contributed by atoms with Crippen LogP contribution in [-0.4, -0.2) is 25.6 Å². The highest BCUT2D eigenvalue weighted by atomic mass is 16.5. The van der Waals surface area contributed by atoms with Gasteiger partial charge in [0.05, 0.1) is 18.5 Å². The molecule has 6 heteroatoms. The van der Waals surface area contributed by atoms with Crippen molar-refractivity contribution in [2.75, 3.05) is 23.9 Å². The third-order valence-electron chi connectivity index (χ3n) is 4.19. The number of carbonyl (C=O) groups is 1. The summed E-state index contributed by atoms with van der Waals surface area (Å²) >= 11 is 0. The molecule has 0 radical (unpaired) electrons. The second kappa shape index (κ2) is 6.39. The molecule has 1 aromatic carbocycles. The van der Waals surface area contributed by atoms with E-state index >= 15 is 0 Å². The van der Waals surface area contributed by atoms with Gasteiger partial charge in [0.2, 0.25) is 11.2 Å². The van der Waals surface area contributed by atoms with Crippen molar-refractivity contribution >= 4 is 17.3 Å². The molecule has 2 heterocycles. The van der Waals surface area contributed by atoms with Gasteiger partial charge in [0.15, 0.2) is 5.76 Å². The van der Waals surface area contributed by atoms with Crippen LogP contribution < -0.4 is 20.4 Å². The molecule has 1 atom stereocenters. The highest BCUT2D eigenvalue weighted by Gasteiger charge is 2.31. The number of benzene rings is 1. The van der Waals surface area contributed by atoms with Crippen LogP contribution in [0.2, 0.25) is 0 Å². The molecule has 126 valence electrons. The number of nitrogens with one attached hydrogen (secondary N) is 1. The Kier molecular flexibility index (Phi) is 4.29. The standard InChI is InChI=1S/C18H20N2O4/c1-11(2)13-9-20(14-7-5-4-6-12(14)19-13)18(22)16-8-15(21)17(23-3)10-24-16/h4-8,10-11,13,19H,9H2,1-3H3/t13-/m0/s1. The van der Waals surface area contributed by atoms with Crippen molar-refractivity contribution in [1.82, 2.24) is 0 Å². The molecule has 0 aliphatic carbocycles. The summed E-state index contributed by atoms with van der Waals surface area (Å²) in [7, 11) is 1.38. The first-order valence-electron chi connectivity index (χ1n) is 7.85. The van der Waals surface area contributed by atoms with Gasteiger partial charge in [-0.05, 0) is 18.1 Å². The van der Waals surface area contributed by atoms with E-state index in [0.29, 0.717) is 12.5 Å². The normalized spacial score (nSPS) is 16.5. The molecule has 1 aromatic heterocycles. The maximum Gasteiger partial charge on any atom is 0.294 e. The van der Waals surface area contributed by atoms with Gasteiger partial charge in [-0.1, -0.05) is 26.0 Å². The molecular weight excluding hydrogens is 308 g/mol. The molecule has 0 saturated heterocycles. The number of hydrogen-bond donors (Lipinski definition) is 1. The number of hydrogen-bond acceptors (Lipinski definition) is 5. The monoisotopic (exact) mass is 328 g/mol. The molecule has 1 amide bonds. The largest absolute Gasteiger partial charge is 0.490 e. The van der Waals surface area contributed by atoms with Crippen LogP contribution in [0.25, 0.3) is 0 Å². The second-order valence-corrected chi connectivity index (χ2v) is 6.10. The minimum Gasteiger partial charge on any atom is -0.490 e. The Morgan fingerprint density at radius 2 is 2.12 bits per heavy atom. The maximum absolute atomic E-state index is 12.9. The van der Waals surface area contributed by atoms with Gasteiger partial charge in [-0.25, -0.2) is 0 Å². The average molecular weight is 328 g/mol. The zero-order valence-electron chi connectivity index (χ0n) is 13.9. The van der Waals surface area contributed by atoms with Crippen LogP contribution in [-0.2, 0) is 0 Å². The fourth-order valence-electron chi connectivity index (χ4n) is 2.73. The molecule has 0 saturated carbocycles. The van der Waals surface area contributed by atoms with E-state index in [1.54, 1.807) is 4.90 Å². The van der Waals surface area contributed by atoms with Gasteiger partial charge in [-0.3, -0.25) is 9.59 Å². The zero-order valence-corrected chi connectivity index (χ0v) is 13.9. The Balaban J connectivity index is 1.99. The first-order valence-corrected chi connectivity index (χ1v) is 7.85. The van der Waals surface area contributed by atoms with Crippen molar-refractivity contribution in [2.24, 2.45) is 5.92 Å². The Morgan fingerprint density at radius 3 is 2.79 bits per heavy atom. The van der Waals surface area contributed by atoms with Crippen molar-refractivity contribution in [3.05, 3.63) is 52.6 Å². The fraction of sp³-hybridized carbons (Fsp3) is 0.333. The summed E-state index contributed by atoms with van der Waals surface area (Å²) in [6.07, 6.45) is 1.17. The van der Waals surface area contributed by atoms with E-state index in [1.165, 1.54) is 19.4 Å². The van der Waals surface area contributed by atoms with E-state index in [4.69, 9.17) is 9.15 Å². The lowest BCUT2D eigenvalue weighted by Gasteiger charge is -2.37. The maximum atomic E-state index is 12.9. The van der Waals surface area contributed by atoms with Crippen molar-refractivity contribution in [1.29, 1.82) is 0 Å². The molecule has 1 aliphatic rings. The summed E-state index contributed by atoms with van der Waals surface area (Å²) in [4.78, 5) is 26.5. The minimum atomic E-state index is -0.379. The van der Waals surface area contributed by atoms with Crippen molar-refractivity contribution in [3.63, 3.8) is 0 Å². The van der Waals surface area contributed by atoms with E-state index in [0.717, 1.165) is 11.4 Å². The predicted octanol–water partition coefficient (Wildman–Crippen LogP) is 2.75. The topological polar surface area (TPSA) is 71.8 Å². The minimum absolute atomic E-state index is 0.00000850. The SMILES string of the molecule is COc1coc(C(=O)N2C[C@@H](C(C)C)Nc3ccccc32)cc1=O. The molecule has 0 bridgehead atoms. The molecule has 1 aliphatic heterocycles. The number of methoxy groups -OCH3 is 1. The van der Waals surface area contributed by atoms with Crippen LogP contribution in [0.1, 0.15) is 24.4 Å². The lowest BCUT2D eigenvalue weighted by molar-refractivity contribution is 0.0954. The molecule has 0 unspecified atom stereocenters. The van der Waals surface area contributed by atoms with Crippen molar-refractivity contribution in [3.8, 4) is 5.75 Å². The number of nitrogens with zero attached hydrogens (tertiary/aromatic N) is 1. The van der Waals surface area contributed by atoms with Gasteiger partial charge in [0.1, 0.15) is 6.26 Å². The van der Waals surface area contributed by atoms with Crippen LogP contribution in [0.3, 0.4) is 0 Å². The van der Waals surface area contributed by atoms with Gasteiger partial charge in [-0.15, -0.1) is 0 Å². The highest BCUT2D eigenvalue weighted by molar-refractivity contribution is 6.06. The Morgan fingerprint density at radius 1 is 1.38 bits per heavy atom. The van der Waals surface area contributed by atoms with Crippen LogP contribution in [0, 0.1) is 5.92 Å². The van der Waals surface area contributed by atoms with Crippen LogP contribution in [0.15, 0.2) is 45.8 Å². The van der Waals surface area contributed by atoms with Gasteiger partial charge in [0.25, 0.3) is 5.91 Å². The molecule has 6 nitrogen and oxygen atoms in total. The third kappa shape index (κ3) is 2.87. The zero-order chi connectivity index (χ0) is 17.3. The van der Waals surface area contributed by atoms with Gasteiger partial charge in [0, 0.05) is 18.7 Å². The van der Waals surface area contributed by atoms with Crippen LogP contribution in [0.4, 0.5) is 11.4 Å². The number of para-hydroxylation sites is 2. The molecular formula is C18H20N2O4. The third-order valence-corrected chi connectivity index (χ3v) is 4.19. The summed E-state index contributed by atoms with van der Waals surface area (Å²) in [6, 6.07) is 8.91. The summed E-state index contributed by atoms with van der Waals surface area (Å²) in [6.45, 7) is 4.70. The van der Waals surface area contributed by atoms with Gasteiger partial charge >= 0.3 is 0 Å². The summed E-state index contributed by atoms with van der Waals surface area (Å²) < 4.78 is 10.2. The van der Waals surface area contributed by atoms with Gasteiger partial charge in [-0.2, -0.15) is 0 Å². The molecule has 3 rings (SSSR count). The quantitative estimate of drug-likeness (QED) is 0.938. The first-order chi connectivity index (χ1) is 11.5. The Labute approximate surface area is 140 Å².